The lowest BCUT2D eigenvalue weighted by atomic mass is 10.2. The molecule has 0 radical (unpaired) electrons. The van der Waals surface area contributed by atoms with Gasteiger partial charge in [0, 0.05) is 37.9 Å². The van der Waals surface area contributed by atoms with Crippen LogP contribution in [0.5, 0.6) is 0 Å². The molecule has 126 valence electrons. The summed E-state index contributed by atoms with van der Waals surface area (Å²) in [5, 5.41) is 3.26. The number of carbonyl (C=O) groups is 1. The first kappa shape index (κ1) is 16.5. The fourth-order valence-corrected chi connectivity index (χ4v) is 2.89. The summed E-state index contributed by atoms with van der Waals surface area (Å²) in [5.41, 5.74) is 1.17. The quantitative estimate of drug-likeness (QED) is 0.888. The Balaban J connectivity index is 1.59. The van der Waals surface area contributed by atoms with Crippen molar-refractivity contribution in [3.05, 3.63) is 59.1 Å². The van der Waals surface area contributed by atoms with Gasteiger partial charge in [-0.2, -0.15) is 0 Å². The molecule has 0 spiro atoms. The lowest BCUT2D eigenvalue weighted by Gasteiger charge is -2.36. The van der Waals surface area contributed by atoms with Crippen molar-refractivity contribution in [2.75, 3.05) is 36.4 Å². The van der Waals surface area contributed by atoms with Gasteiger partial charge in [-0.05, 0) is 24.3 Å². The fourth-order valence-electron chi connectivity index (χ4n) is 2.64. The van der Waals surface area contributed by atoms with E-state index in [0.29, 0.717) is 31.2 Å². The molecule has 0 unspecified atom stereocenters. The van der Waals surface area contributed by atoms with Crippen LogP contribution in [0.1, 0.15) is 0 Å². The summed E-state index contributed by atoms with van der Waals surface area (Å²) in [7, 11) is 0. The molecule has 7 heteroatoms. The second-order valence-electron chi connectivity index (χ2n) is 5.48. The van der Waals surface area contributed by atoms with Gasteiger partial charge in [0.05, 0.1) is 10.7 Å². The zero-order valence-electron chi connectivity index (χ0n) is 12.8. The molecule has 2 aromatic rings. The number of amides is 2. The van der Waals surface area contributed by atoms with Crippen LogP contribution in [0.4, 0.5) is 25.0 Å². The summed E-state index contributed by atoms with van der Waals surface area (Å²) in [4.78, 5) is 16.0. The highest BCUT2D eigenvalue weighted by Gasteiger charge is 2.22. The van der Waals surface area contributed by atoms with E-state index in [1.807, 2.05) is 24.3 Å². The Morgan fingerprint density at radius 1 is 1.00 bits per heavy atom. The van der Waals surface area contributed by atoms with Gasteiger partial charge in [-0.1, -0.05) is 23.7 Å². The van der Waals surface area contributed by atoms with E-state index in [-0.39, 0.29) is 11.7 Å². The van der Waals surface area contributed by atoms with Gasteiger partial charge in [-0.3, -0.25) is 0 Å². The Morgan fingerprint density at radius 2 is 1.71 bits per heavy atom. The number of hydrogen-bond acceptors (Lipinski definition) is 2. The zero-order chi connectivity index (χ0) is 17.1. The summed E-state index contributed by atoms with van der Waals surface area (Å²) in [6, 6.07) is 10.5. The van der Waals surface area contributed by atoms with E-state index in [1.54, 1.807) is 4.90 Å². The third kappa shape index (κ3) is 3.59. The molecule has 0 atom stereocenters. The highest BCUT2D eigenvalue weighted by atomic mass is 35.5. The van der Waals surface area contributed by atoms with Gasteiger partial charge in [-0.25, -0.2) is 13.6 Å². The van der Waals surface area contributed by atoms with Crippen LogP contribution in [0.25, 0.3) is 0 Å². The van der Waals surface area contributed by atoms with E-state index >= 15 is 0 Å². The molecule has 0 saturated carbocycles. The monoisotopic (exact) mass is 351 g/mol. The van der Waals surface area contributed by atoms with Crippen LogP contribution in [0.2, 0.25) is 5.02 Å². The second kappa shape index (κ2) is 7.05. The lowest BCUT2D eigenvalue weighted by Crippen LogP contribution is -2.50. The van der Waals surface area contributed by atoms with Gasteiger partial charge in [0.15, 0.2) is 11.6 Å². The summed E-state index contributed by atoms with van der Waals surface area (Å²) >= 11 is 6.19. The lowest BCUT2D eigenvalue weighted by molar-refractivity contribution is 0.208. The standard InChI is InChI=1S/C17H16ClF2N3O/c18-13-3-1-2-4-16(13)22-7-9-23(10-8-22)17(24)21-12-5-6-14(19)15(20)11-12/h1-6,11H,7-10H2,(H,21,24). The highest BCUT2D eigenvalue weighted by Crippen LogP contribution is 2.26. The average Bonchev–Trinajstić information content (AvgIpc) is 2.59. The number of carbonyl (C=O) groups excluding carboxylic acids is 1. The Bertz CT molecular complexity index is 748. The topological polar surface area (TPSA) is 35.6 Å². The van der Waals surface area contributed by atoms with Crippen molar-refractivity contribution in [3.63, 3.8) is 0 Å². The van der Waals surface area contributed by atoms with Crippen molar-refractivity contribution in [2.45, 2.75) is 0 Å². The minimum atomic E-state index is -0.990. The number of nitrogens with zero attached hydrogens (tertiary/aromatic N) is 2. The number of halogens is 3. The first-order valence-corrected chi connectivity index (χ1v) is 7.93. The minimum absolute atomic E-state index is 0.229. The number of urea groups is 1. The molecular formula is C17H16ClF2N3O. The van der Waals surface area contributed by atoms with Crippen molar-refractivity contribution in [2.24, 2.45) is 0 Å². The molecular weight excluding hydrogens is 336 g/mol. The van der Waals surface area contributed by atoms with Crippen LogP contribution in [0.3, 0.4) is 0 Å². The van der Waals surface area contributed by atoms with Gasteiger partial charge < -0.3 is 15.1 Å². The molecule has 0 bridgehead atoms. The fraction of sp³-hybridized carbons (Fsp3) is 0.235. The van der Waals surface area contributed by atoms with Crippen LogP contribution < -0.4 is 10.2 Å². The van der Waals surface area contributed by atoms with Crippen LogP contribution in [0, 0.1) is 11.6 Å². The summed E-state index contributed by atoms with van der Waals surface area (Å²) in [6.07, 6.45) is 0. The number of rotatable bonds is 2. The van der Waals surface area contributed by atoms with Crippen molar-refractivity contribution in [1.29, 1.82) is 0 Å². The van der Waals surface area contributed by atoms with E-state index in [0.717, 1.165) is 17.8 Å². The first-order chi connectivity index (χ1) is 11.5. The molecule has 1 N–H and O–H groups in total. The molecule has 3 rings (SSSR count). The number of benzene rings is 2. The molecule has 24 heavy (non-hydrogen) atoms. The maximum Gasteiger partial charge on any atom is 0.321 e. The SMILES string of the molecule is O=C(Nc1ccc(F)c(F)c1)N1CCN(c2ccccc2Cl)CC1. The molecule has 1 aliphatic heterocycles. The number of para-hydroxylation sites is 1. The van der Waals surface area contributed by atoms with E-state index < -0.39 is 11.6 Å². The highest BCUT2D eigenvalue weighted by molar-refractivity contribution is 6.33. The smallest absolute Gasteiger partial charge is 0.321 e. The first-order valence-electron chi connectivity index (χ1n) is 7.55. The maximum atomic E-state index is 13.2. The average molecular weight is 352 g/mol. The van der Waals surface area contributed by atoms with Gasteiger partial charge in [0.25, 0.3) is 0 Å². The molecule has 1 heterocycles. The molecule has 2 amide bonds. The minimum Gasteiger partial charge on any atom is -0.367 e. The predicted molar refractivity (Wildman–Crippen MR) is 90.6 cm³/mol. The number of nitrogens with one attached hydrogen (secondary N) is 1. The van der Waals surface area contributed by atoms with E-state index in [4.69, 9.17) is 11.6 Å². The van der Waals surface area contributed by atoms with Gasteiger partial charge in [-0.15, -0.1) is 0 Å². The predicted octanol–water partition coefficient (Wildman–Crippen LogP) is 3.97. The van der Waals surface area contributed by atoms with E-state index in [9.17, 15) is 13.6 Å². The number of hydrogen-bond donors (Lipinski definition) is 1. The Morgan fingerprint density at radius 3 is 2.38 bits per heavy atom. The molecule has 1 saturated heterocycles. The molecule has 1 aliphatic rings. The van der Waals surface area contributed by atoms with E-state index in [2.05, 4.69) is 10.2 Å². The summed E-state index contributed by atoms with van der Waals surface area (Å²) in [5.74, 6) is -1.93. The molecule has 1 fully saturated rings. The zero-order valence-corrected chi connectivity index (χ0v) is 13.6. The molecule has 2 aromatic carbocycles. The van der Waals surface area contributed by atoms with Gasteiger partial charge >= 0.3 is 6.03 Å². The molecule has 4 nitrogen and oxygen atoms in total. The van der Waals surface area contributed by atoms with Gasteiger partial charge in [0.1, 0.15) is 0 Å². The maximum absolute atomic E-state index is 13.2. The third-order valence-electron chi connectivity index (χ3n) is 3.93. The second-order valence-corrected chi connectivity index (χ2v) is 5.89. The van der Waals surface area contributed by atoms with Crippen molar-refractivity contribution in [1.82, 2.24) is 4.90 Å². The van der Waals surface area contributed by atoms with Crippen LogP contribution in [-0.4, -0.2) is 37.1 Å². The summed E-state index contributed by atoms with van der Waals surface area (Å²) < 4.78 is 26.1. The number of piperazine rings is 1. The molecule has 0 aromatic heterocycles. The van der Waals surface area contributed by atoms with Crippen LogP contribution >= 0.6 is 11.6 Å². The number of anilines is 2. The normalized spacial score (nSPS) is 14.6. The van der Waals surface area contributed by atoms with E-state index in [1.165, 1.54) is 6.07 Å². The Labute approximate surface area is 143 Å². The molecule has 0 aliphatic carbocycles. The van der Waals surface area contributed by atoms with Crippen molar-refractivity contribution < 1.29 is 13.6 Å². The van der Waals surface area contributed by atoms with Crippen molar-refractivity contribution in [3.8, 4) is 0 Å². The Kier molecular flexibility index (Phi) is 4.85. The van der Waals surface area contributed by atoms with Gasteiger partial charge in [0.2, 0.25) is 0 Å². The van der Waals surface area contributed by atoms with Crippen LogP contribution in [0.15, 0.2) is 42.5 Å². The van der Waals surface area contributed by atoms with Crippen molar-refractivity contribution >= 4 is 29.0 Å². The summed E-state index contributed by atoms with van der Waals surface area (Å²) in [6.45, 7) is 2.32. The largest absolute Gasteiger partial charge is 0.367 e. The van der Waals surface area contributed by atoms with Crippen LogP contribution in [-0.2, 0) is 0 Å². The Hall–Kier alpha value is -2.34. The third-order valence-corrected chi connectivity index (χ3v) is 4.25.